The highest BCUT2D eigenvalue weighted by Crippen LogP contribution is 2.41. The molecule has 2 amide bonds. The van der Waals surface area contributed by atoms with Crippen LogP contribution >= 0.6 is 0 Å². The van der Waals surface area contributed by atoms with Gasteiger partial charge in [-0.1, -0.05) is 141 Å². The largest absolute Gasteiger partial charge is 0.416 e. The zero-order chi connectivity index (χ0) is 80.0. The van der Waals surface area contributed by atoms with Crippen molar-refractivity contribution in [2.75, 3.05) is 39.3 Å². The number of rotatable bonds is 14. The second kappa shape index (κ2) is 34.8. The first kappa shape index (κ1) is 81.8. The number of carbonyl (C=O) groups excluding carboxylic acids is 5. The summed E-state index contributed by atoms with van der Waals surface area (Å²) in [6.45, 7) is 13.3. The summed E-state index contributed by atoms with van der Waals surface area (Å²) in [4.78, 5) is 64.5. The Kier molecular flexibility index (Phi) is 25.0. The van der Waals surface area contributed by atoms with E-state index in [0.717, 1.165) is 180 Å². The molecule has 0 spiro atoms. The van der Waals surface area contributed by atoms with Gasteiger partial charge < -0.3 is 15.1 Å². The minimum Gasteiger partial charge on any atom is -0.343 e. The summed E-state index contributed by atoms with van der Waals surface area (Å²) in [5, 5.41) is 15.3. The maximum absolute atomic E-state index is 13.0. The number of nitrogens with one attached hydrogen (secondary N) is 1. The van der Waals surface area contributed by atoms with E-state index in [4.69, 9.17) is 0 Å². The molecule has 0 bridgehead atoms. The van der Waals surface area contributed by atoms with Crippen LogP contribution in [0.25, 0.3) is 94.1 Å². The second-order valence-electron chi connectivity index (χ2n) is 29.3. The van der Waals surface area contributed by atoms with Gasteiger partial charge in [0.15, 0.2) is 17.3 Å². The van der Waals surface area contributed by atoms with Crippen LogP contribution in [-0.2, 0) is 28.1 Å². The molecule has 4 heterocycles. The van der Waals surface area contributed by atoms with Crippen molar-refractivity contribution in [3.63, 3.8) is 0 Å². The molecule has 11 aromatic carbocycles. The number of benzene rings is 11. The lowest BCUT2D eigenvalue weighted by atomic mass is 9.87. The Labute approximate surface area is 656 Å². The predicted octanol–water partition coefficient (Wildman–Crippen LogP) is 23.6. The summed E-state index contributed by atoms with van der Waals surface area (Å²) in [5.74, 6) is 1.53. The van der Waals surface area contributed by atoms with E-state index < -0.39 is 35.2 Å². The van der Waals surface area contributed by atoms with Gasteiger partial charge in [-0.2, -0.15) is 39.5 Å². The number of carbonyl (C=O) groups is 5. The minimum atomic E-state index is -4.40. The number of hydrogen-bond donors (Lipinski definition) is 1. The zero-order valence-electron chi connectivity index (χ0n) is 63.0. The number of halogens is 9. The maximum atomic E-state index is 13.0. The Morgan fingerprint density at radius 2 is 0.737 bits per heavy atom. The first-order chi connectivity index (χ1) is 54.0. The Morgan fingerprint density at radius 1 is 0.386 bits per heavy atom. The molecule has 114 heavy (non-hydrogen) atoms. The first-order valence-corrected chi connectivity index (χ1v) is 37.9. The number of amides is 2. The normalized spacial score (nSPS) is 14.5. The molecular formula is C94H87F9N6O5. The SMILES string of the molecule is C.CC(=O)c1cc(-c2ccc(C3CCN(C(C)=O)CC3)cc2)c2ccc(-c3ccc(C(F)(F)F)cc3)cc2c1.CC(=O)c1cc(-c2ccc(C3CCNCC3)cc2)cc(-c2cn(-c3ccc(C(F)(F)F)cc3)nn2)c1.CCC(=O)N1CCC(c2ccc(-c3cc(C(C)=O)cc4cc(-c5ccc(C(F)(F)F)cc5)ccc34)cc2)CC1. The van der Waals surface area contributed by atoms with Crippen molar-refractivity contribution < 1.29 is 63.5 Å². The predicted molar refractivity (Wildman–Crippen MR) is 432 cm³/mol. The summed E-state index contributed by atoms with van der Waals surface area (Å²) < 4.78 is 118. The van der Waals surface area contributed by atoms with Crippen molar-refractivity contribution in [1.29, 1.82) is 0 Å². The van der Waals surface area contributed by atoms with E-state index in [9.17, 15) is 63.5 Å². The highest BCUT2D eigenvalue weighted by Gasteiger charge is 2.33. The number of likely N-dealkylation sites (tertiary alicyclic amines) is 2. The van der Waals surface area contributed by atoms with Crippen LogP contribution in [-0.4, -0.2) is 93.2 Å². The fourth-order valence-electron chi connectivity index (χ4n) is 15.3. The van der Waals surface area contributed by atoms with Crippen LogP contribution in [0.3, 0.4) is 0 Å². The molecule has 0 aliphatic carbocycles. The number of piperidine rings is 3. The summed E-state index contributed by atoms with van der Waals surface area (Å²) in [6.07, 6.45) is -4.96. The average Bonchev–Trinajstić information content (AvgIpc) is 0.807. The number of fused-ring (bicyclic) bond motifs is 2. The standard InChI is InChI=1S/C33H30F3NO2.C32H28F3NO2.C28H25F3N4O.CH4/c1-3-32(39)37-16-14-24(15-17-37)22-4-6-25(7-5-22)31-20-27(21(2)38)19-28-18-26(10-13-30(28)31)23-8-11-29(12-9-23)33(34,35)36;1-20(37)27-18-28-17-26(23-7-10-29(11-8-23)32(33,34)35)9-12-30(28)31(19-27)25-5-3-22(4-6-25)24-13-15-36(16-14-24)21(2)38;1-18(36)22-14-23(20-4-2-19(3-5-20)21-10-12-32-13-11-21)16-24(15-22)27-17-35(34-33-27)26-8-6-25(7-9-26)28(29,30)31;/h4-13,18-20,24H,3,14-17H2,1-2H3;3-12,17-19,24H,13-16H2,1-2H3;2-9,14-17,21,32H,10-13H2,1H3;1H4. The van der Waals surface area contributed by atoms with E-state index in [0.29, 0.717) is 68.9 Å². The molecule has 1 aromatic heterocycles. The van der Waals surface area contributed by atoms with E-state index in [2.05, 4.69) is 88.4 Å². The maximum Gasteiger partial charge on any atom is 0.416 e. The molecule has 0 radical (unpaired) electrons. The van der Waals surface area contributed by atoms with Gasteiger partial charge in [-0.3, -0.25) is 24.0 Å². The molecule has 1 N–H and O–H groups in total. The molecule has 0 atom stereocenters. The van der Waals surface area contributed by atoms with Gasteiger partial charge in [-0.05, 0) is 287 Å². The summed E-state index contributed by atoms with van der Waals surface area (Å²) in [5.41, 5.74) is 13.8. The van der Waals surface area contributed by atoms with Crippen LogP contribution in [0.4, 0.5) is 39.5 Å². The third-order valence-corrected chi connectivity index (χ3v) is 21.9. The lowest BCUT2D eigenvalue weighted by molar-refractivity contribution is -0.138. The monoisotopic (exact) mass is 1550 g/mol. The molecule has 11 nitrogen and oxygen atoms in total. The number of Topliss-reactive ketones (excluding diaryl/α,β-unsaturated/α-hetero) is 3. The van der Waals surface area contributed by atoms with E-state index in [1.54, 1.807) is 19.2 Å². The van der Waals surface area contributed by atoms with Crippen molar-refractivity contribution >= 4 is 50.7 Å². The summed E-state index contributed by atoms with van der Waals surface area (Å²) in [6, 6.07) is 65.0. The van der Waals surface area contributed by atoms with Gasteiger partial charge in [-0.25, -0.2) is 4.68 Å². The molecule has 12 aromatic rings. The molecule has 586 valence electrons. The minimum absolute atomic E-state index is 0. The quantitative estimate of drug-likeness (QED) is 0.0840. The molecule has 20 heteroatoms. The van der Waals surface area contributed by atoms with Crippen LogP contribution in [0.1, 0.15) is 169 Å². The fourth-order valence-corrected chi connectivity index (χ4v) is 15.3. The Bertz CT molecular complexity index is 5460. The molecule has 3 aliphatic heterocycles. The zero-order valence-corrected chi connectivity index (χ0v) is 63.0. The number of hydrogen-bond acceptors (Lipinski definition) is 8. The highest BCUT2D eigenvalue weighted by molar-refractivity contribution is 6.07. The Hall–Kier alpha value is -11.6. The number of nitrogens with zero attached hydrogens (tertiary/aromatic N) is 5. The van der Waals surface area contributed by atoms with Crippen LogP contribution < -0.4 is 5.32 Å². The number of aromatic nitrogens is 3. The van der Waals surface area contributed by atoms with Gasteiger partial charge in [0.25, 0.3) is 0 Å². The smallest absolute Gasteiger partial charge is 0.343 e. The molecular weight excluding hydrogens is 1460 g/mol. The second-order valence-corrected chi connectivity index (χ2v) is 29.3. The third-order valence-electron chi connectivity index (χ3n) is 21.9. The van der Waals surface area contributed by atoms with Gasteiger partial charge in [0.2, 0.25) is 11.8 Å². The van der Waals surface area contributed by atoms with E-state index >= 15 is 0 Å². The Balaban J connectivity index is 0.000000158. The van der Waals surface area contributed by atoms with E-state index in [1.807, 2.05) is 89.5 Å². The van der Waals surface area contributed by atoms with Crippen molar-refractivity contribution in [3.8, 4) is 72.6 Å². The molecule has 3 saturated heterocycles. The van der Waals surface area contributed by atoms with Crippen molar-refractivity contribution in [3.05, 3.63) is 281 Å². The Morgan fingerprint density at radius 3 is 1.13 bits per heavy atom. The van der Waals surface area contributed by atoms with Gasteiger partial charge in [0.05, 0.1) is 28.6 Å². The average molecular weight is 1550 g/mol. The first-order valence-electron chi connectivity index (χ1n) is 37.9. The van der Waals surface area contributed by atoms with Gasteiger partial charge in [0, 0.05) is 61.8 Å². The lowest BCUT2D eigenvalue weighted by Crippen LogP contribution is -2.37. The summed E-state index contributed by atoms with van der Waals surface area (Å²) >= 11 is 0. The van der Waals surface area contributed by atoms with Gasteiger partial charge >= 0.3 is 18.5 Å². The van der Waals surface area contributed by atoms with Crippen LogP contribution in [0.15, 0.2) is 231 Å². The van der Waals surface area contributed by atoms with Crippen molar-refractivity contribution in [2.24, 2.45) is 0 Å². The molecule has 3 aliphatic rings. The fraction of sp³-hybridized carbons (Fsp3) is 0.266. The number of ketones is 3. The molecule has 0 unspecified atom stereocenters. The van der Waals surface area contributed by atoms with Crippen LogP contribution in [0, 0.1) is 0 Å². The van der Waals surface area contributed by atoms with Crippen LogP contribution in [0.5, 0.6) is 0 Å². The van der Waals surface area contributed by atoms with E-state index in [1.165, 1.54) is 78.5 Å². The van der Waals surface area contributed by atoms with E-state index in [-0.39, 0.29) is 36.6 Å². The number of alkyl halides is 9. The van der Waals surface area contributed by atoms with Gasteiger partial charge in [0.1, 0.15) is 5.69 Å². The topological polar surface area (TPSA) is 135 Å². The highest BCUT2D eigenvalue weighted by atomic mass is 19.4. The third kappa shape index (κ3) is 19.2. The van der Waals surface area contributed by atoms with Crippen molar-refractivity contribution in [2.45, 2.75) is 123 Å². The lowest BCUT2D eigenvalue weighted by Gasteiger charge is -2.32. The van der Waals surface area contributed by atoms with Crippen molar-refractivity contribution in [1.82, 2.24) is 30.1 Å². The molecule has 0 saturated carbocycles. The summed E-state index contributed by atoms with van der Waals surface area (Å²) in [7, 11) is 0. The molecule has 3 fully saturated rings. The molecule has 15 rings (SSSR count). The van der Waals surface area contributed by atoms with Crippen LogP contribution in [0.2, 0.25) is 0 Å². The van der Waals surface area contributed by atoms with Gasteiger partial charge in [-0.15, -0.1) is 5.10 Å².